The highest BCUT2D eigenvalue weighted by molar-refractivity contribution is 6.30. The molecule has 0 aliphatic carbocycles. The summed E-state index contributed by atoms with van der Waals surface area (Å²) in [7, 11) is 0. The van der Waals surface area contributed by atoms with E-state index in [4.69, 9.17) is 11.6 Å². The van der Waals surface area contributed by atoms with Crippen molar-refractivity contribution in [2.75, 3.05) is 5.32 Å². The first-order valence-corrected chi connectivity index (χ1v) is 8.11. The number of nitrogens with zero attached hydrogens (tertiary/aromatic N) is 2. The van der Waals surface area contributed by atoms with E-state index < -0.39 is 5.82 Å². The van der Waals surface area contributed by atoms with Crippen molar-refractivity contribution >= 4 is 33.9 Å². The Morgan fingerprint density at radius 1 is 0.920 bits per heavy atom. The zero-order valence-electron chi connectivity index (χ0n) is 13.1. The lowest BCUT2D eigenvalue weighted by Crippen LogP contribution is -2.00. The van der Waals surface area contributed by atoms with Crippen molar-refractivity contribution in [2.24, 2.45) is 0 Å². The van der Waals surface area contributed by atoms with Crippen LogP contribution in [0.25, 0.3) is 22.2 Å². The molecule has 0 aliphatic rings. The average Bonchev–Trinajstić information content (AvgIpc) is 2.65. The molecule has 25 heavy (non-hydrogen) atoms. The fourth-order valence-corrected chi connectivity index (χ4v) is 2.91. The molecule has 0 amide bonds. The number of benzene rings is 2. The van der Waals surface area contributed by atoms with Gasteiger partial charge in [-0.15, -0.1) is 0 Å². The maximum Gasteiger partial charge on any atom is 0.173 e. The molecule has 4 rings (SSSR count). The highest BCUT2D eigenvalue weighted by Gasteiger charge is 2.17. The molecule has 3 nitrogen and oxygen atoms in total. The van der Waals surface area contributed by atoms with Gasteiger partial charge in [0.05, 0.1) is 11.2 Å². The Balaban J connectivity index is 1.95. The Hall–Kier alpha value is -2.98. The molecule has 122 valence electrons. The molecule has 0 bridgehead atoms. The van der Waals surface area contributed by atoms with Crippen LogP contribution < -0.4 is 5.32 Å². The van der Waals surface area contributed by atoms with Crippen molar-refractivity contribution in [3.63, 3.8) is 0 Å². The third-order valence-electron chi connectivity index (χ3n) is 3.88. The van der Waals surface area contributed by atoms with Gasteiger partial charge in [-0.25, -0.2) is 9.37 Å². The molecule has 0 saturated carbocycles. The zero-order chi connectivity index (χ0) is 17.2. The van der Waals surface area contributed by atoms with E-state index in [2.05, 4.69) is 15.3 Å². The zero-order valence-corrected chi connectivity index (χ0v) is 13.8. The Bertz CT molecular complexity index is 1050. The van der Waals surface area contributed by atoms with Crippen molar-refractivity contribution in [3.8, 4) is 11.3 Å². The summed E-state index contributed by atoms with van der Waals surface area (Å²) in [5.74, 6) is -0.419. The maximum atomic E-state index is 15.3. The van der Waals surface area contributed by atoms with Crippen LogP contribution in [0.4, 0.5) is 15.8 Å². The number of anilines is 2. The summed E-state index contributed by atoms with van der Waals surface area (Å²) in [6, 6.07) is 18.1. The summed E-state index contributed by atoms with van der Waals surface area (Å²) >= 11 is 6.06. The highest BCUT2D eigenvalue weighted by Crippen LogP contribution is 2.34. The quantitative estimate of drug-likeness (QED) is 0.505. The van der Waals surface area contributed by atoms with Crippen molar-refractivity contribution < 1.29 is 4.39 Å². The van der Waals surface area contributed by atoms with Gasteiger partial charge in [-0.05, 0) is 30.3 Å². The van der Waals surface area contributed by atoms with Crippen molar-refractivity contribution in [3.05, 3.63) is 83.9 Å². The maximum absolute atomic E-state index is 15.3. The lowest BCUT2D eigenvalue weighted by atomic mass is 10.1. The molecule has 0 saturated heterocycles. The fourth-order valence-electron chi connectivity index (χ4n) is 2.72. The van der Waals surface area contributed by atoms with Crippen LogP contribution >= 0.6 is 11.6 Å². The molecule has 0 fully saturated rings. The van der Waals surface area contributed by atoms with Gasteiger partial charge in [0.2, 0.25) is 0 Å². The largest absolute Gasteiger partial charge is 0.352 e. The molecular formula is C20H13ClFN3. The summed E-state index contributed by atoms with van der Waals surface area (Å²) in [4.78, 5) is 8.49. The monoisotopic (exact) mass is 349 g/mol. The summed E-state index contributed by atoms with van der Waals surface area (Å²) in [5, 5.41) is 4.40. The van der Waals surface area contributed by atoms with Gasteiger partial charge >= 0.3 is 0 Å². The molecule has 0 spiro atoms. The van der Waals surface area contributed by atoms with Gasteiger partial charge < -0.3 is 5.32 Å². The molecular weight excluding hydrogens is 337 g/mol. The highest BCUT2D eigenvalue weighted by atomic mass is 35.5. The molecule has 0 aliphatic heterocycles. The van der Waals surface area contributed by atoms with Gasteiger partial charge in [-0.1, -0.05) is 41.9 Å². The van der Waals surface area contributed by atoms with E-state index in [1.165, 1.54) is 0 Å². The van der Waals surface area contributed by atoms with Crippen LogP contribution in [-0.4, -0.2) is 9.97 Å². The number of hydrogen-bond donors (Lipinski definition) is 1. The van der Waals surface area contributed by atoms with E-state index in [-0.39, 0.29) is 5.69 Å². The molecule has 5 heteroatoms. The molecule has 2 heterocycles. The molecule has 2 aromatic heterocycles. The minimum atomic E-state index is -0.419. The number of aromatic nitrogens is 2. The molecule has 0 atom stereocenters. The molecule has 0 radical (unpaired) electrons. The Morgan fingerprint density at radius 2 is 1.72 bits per heavy atom. The van der Waals surface area contributed by atoms with Gasteiger partial charge in [0.1, 0.15) is 5.69 Å². The van der Waals surface area contributed by atoms with Gasteiger partial charge in [-0.3, -0.25) is 4.98 Å². The number of hydrogen-bond acceptors (Lipinski definition) is 3. The average molecular weight is 350 g/mol. The summed E-state index contributed by atoms with van der Waals surface area (Å²) < 4.78 is 15.3. The second-order valence-electron chi connectivity index (χ2n) is 5.54. The van der Waals surface area contributed by atoms with Crippen molar-refractivity contribution in [1.29, 1.82) is 0 Å². The Kier molecular flexibility index (Phi) is 4.04. The molecule has 4 aromatic rings. The lowest BCUT2D eigenvalue weighted by molar-refractivity contribution is 0.632. The second kappa shape index (κ2) is 6.49. The van der Waals surface area contributed by atoms with E-state index in [1.807, 2.05) is 24.3 Å². The van der Waals surface area contributed by atoms with E-state index in [1.54, 1.807) is 48.8 Å². The topological polar surface area (TPSA) is 37.8 Å². The first-order chi connectivity index (χ1) is 12.2. The predicted octanol–water partition coefficient (Wildman–Crippen LogP) is 5.83. The van der Waals surface area contributed by atoms with Crippen LogP contribution in [0.1, 0.15) is 0 Å². The fraction of sp³-hybridized carbons (Fsp3) is 0. The first kappa shape index (κ1) is 15.5. The second-order valence-corrected chi connectivity index (χ2v) is 5.97. The lowest BCUT2D eigenvalue weighted by Gasteiger charge is -2.14. The van der Waals surface area contributed by atoms with Crippen LogP contribution in [0.3, 0.4) is 0 Å². The minimum Gasteiger partial charge on any atom is -0.352 e. The van der Waals surface area contributed by atoms with Crippen molar-refractivity contribution in [2.45, 2.75) is 0 Å². The summed E-state index contributed by atoms with van der Waals surface area (Å²) in [6.07, 6.45) is 3.31. The number of pyridine rings is 2. The van der Waals surface area contributed by atoms with Gasteiger partial charge in [0.15, 0.2) is 5.82 Å². The number of rotatable bonds is 3. The third-order valence-corrected chi connectivity index (χ3v) is 4.12. The van der Waals surface area contributed by atoms with Crippen LogP contribution in [0.15, 0.2) is 73.1 Å². The van der Waals surface area contributed by atoms with Crippen LogP contribution in [0.5, 0.6) is 0 Å². The number of para-hydroxylation sites is 1. The number of halogens is 2. The predicted molar refractivity (Wildman–Crippen MR) is 99.7 cm³/mol. The van der Waals surface area contributed by atoms with Crippen LogP contribution in [0.2, 0.25) is 5.02 Å². The normalized spacial score (nSPS) is 10.8. The number of nitrogens with one attached hydrogen (secondary N) is 1. The van der Waals surface area contributed by atoms with Gasteiger partial charge in [0.25, 0.3) is 0 Å². The molecule has 2 aromatic carbocycles. The van der Waals surface area contributed by atoms with E-state index >= 15 is 4.39 Å². The molecule has 1 N–H and O–H groups in total. The standard InChI is InChI=1S/C20H13ClFN3/c21-14-5-3-4-13(12-14)19-18(22)20(24-15-8-10-23-11-9-15)16-6-1-2-7-17(16)25-19/h1-12H,(H,23,24,25). The van der Waals surface area contributed by atoms with Gasteiger partial charge in [-0.2, -0.15) is 0 Å². The Morgan fingerprint density at radius 3 is 2.52 bits per heavy atom. The smallest absolute Gasteiger partial charge is 0.173 e. The SMILES string of the molecule is Fc1c(-c2cccc(Cl)c2)nc2ccccc2c1Nc1ccncc1. The summed E-state index contributed by atoms with van der Waals surface area (Å²) in [6.45, 7) is 0. The Labute approximate surface area is 149 Å². The van der Waals surface area contributed by atoms with E-state index in [0.717, 1.165) is 5.69 Å². The molecule has 0 unspecified atom stereocenters. The third kappa shape index (κ3) is 3.04. The van der Waals surface area contributed by atoms with Gasteiger partial charge in [0, 0.05) is 34.1 Å². The van der Waals surface area contributed by atoms with Crippen molar-refractivity contribution in [1.82, 2.24) is 9.97 Å². The number of fused-ring (bicyclic) bond motifs is 1. The minimum absolute atomic E-state index is 0.262. The van der Waals surface area contributed by atoms with Crippen LogP contribution in [-0.2, 0) is 0 Å². The first-order valence-electron chi connectivity index (χ1n) is 7.73. The van der Waals surface area contributed by atoms with E-state index in [0.29, 0.717) is 27.2 Å². The summed E-state index contributed by atoms with van der Waals surface area (Å²) in [5.41, 5.74) is 2.73. The van der Waals surface area contributed by atoms with Crippen LogP contribution in [0, 0.1) is 5.82 Å². The van der Waals surface area contributed by atoms with E-state index in [9.17, 15) is 0 Å².